The van der Waals surface area contributed by atoms with Crippen molar-refractivity contribution in [1.82, 2.24) is 4.98 Å². The third-order valence-corrected chi connectivity index (χ3v) is 5.61. The van der Waals surface area contributed by atoms with Crippen LogP contribution < -0.4 is 5.01 Å². The molecular weight excluding hydrogens is 472 g/mol. The molecule has 0 aliphatic heterocycles. The number of nitro groups is 1. The van der Waals surface area contributed by atoms with E-state index in [2.05, 4.69) is 26.0 Å². The number of furan rings is 1. The zero-order valence-corrected chi connectivity index (χ0v) is 17.9. The first kappa shape index (κ1) is 19.9. The maximum absolute atomic E-state index is 13.2. The molecule has 0 bridgehead atoms. The fourth-order valence-electron chi connectivity index (χ4n) is 2.64. The molecule has 0 aliphatic rings. The highest BCUT2D eigenvalue weighted by Crippen LogP contribution is 2.31. The maximum Gasteiger partial charge on any atom is 0.433 e. The predicted molar refractivity (Wildman–Crippen MR) is 118 cm³/mol. The molecule has 0 radical (unpaired) electrons. The Hall–Kier alpha value is -3.37. The number of carbonyl (C=O) groups excluding carboxylic acids is 1. The number of halogens is 1. The van der Waals surface area contributed by atoms with Crippen LogP contribution in [0.1, 0.15) is 21.7 Å². The van der Waals surface area contributed by atoms with Crippen LogP contribution in [-0.4, -0.2) is 22.0 Å². The van der Waals surface area contributed by atoms with E-state index in [1.165, 1.54) is 29.7 Å². The van der Waals surface area contributed by atoms with Gasteiger partial charge in [0.25, 0.3) is 5.91 Å². The van der Waals surface area contributed by atoms with Gasteiger partial charge in [-0.1, -0.05) is 33.3 Å². The fourth-order valence-corrected chi connectivity index (χ4v) is 3.92. The molecule has 10 heteroatoms. The van der Waals surface area contributed by atoms with E-state index in [-0.39, 0.29) is 5.76 Å². The SMILES string of the molecule is Cc1ccc2nc(N(/N=C/c3ccc([N+](=O)[O-])o3)C(=O)c3ccc(Br)cc3)sc2c1. The average molecular weight is 485 g/mol. The number of aryl methyl sites for hydroxylation is 1. The van der Waals surface area contributed by atoms with E-state index in [0.29, 0.717) is 10.7 Å². The summed E-state index contributed by atoms with van der Waals surface area (Å²) in [4.78, 5) is 27.9. The zero-order chi connectivity index (χ0) is 21.3. The number of carbonyl (C=O) groups is 1. The zero-order valence-electron chi connectivity index (χ0n) is 15.5. The van der Waals surface area contributed by atoms with Crippen molar-refractivity contribution in [3.05, 3.63) is 86.1 Å². The Balaban J connectivity index is 1.74. The van der Waals surface area contributed by atoms with E-state index in [1.807, 2.05) is 25.1 Å². The van der Waals surface area contributed by atoms with Crippen LogP contribution in [0.2, 0.25) is 0 Å². The molecule has 2 heterocycles. The second kappa shape index (κ2) is 8.17. The molecule has 0 aliphatic carbocycles. The summed E-state index contributed by atoms with van der Waals surface area (Å²) in [5.74, 6) is -0.652. The minimum atomic E-state index is -0.641. The molecule has 0 N–H and O–H groups in total. The first-order valence-corrected chi connectivity index (χ1v) is 10.3. The number of benzene rings is 2. The average Bonchev–Trinajstić information content (AvgIpc) is 3.35. The molecule has 0 saturated carbocycles. The summed E-state index contributed by atoms with van der Waals surface area (Å²) < 4.78 is 6.86. The van der Waals surface area contributed by atoms with Crippen LogP contribution in [0.25, 0.3) is 10.2 Å². The molecule has 2 aromatic carbocycles. The predicted octanol–water partition coefficient (Wildman–Crippen LogP) is 5.55. The molecule has 0 unspecified atom stereocenters. The maximum atomic E-state index is 13.2. The quantitative estimate of drug-likeness (QED) is 0.210. The molecule has 2 aromatic heterocycles. The van der Waals surface area contributed by atoms with Crippen LogP contribution in [0.5, 0.6) is 0 Å². The van der Waals surface area contributed by atoms with E-state index in [1.54, 1.807) is 24.3 Å². The minimum Gasteiger partial charge on any atom is -0.400 e. The van der Waals surface area contributed by atoms with Crippen molar-refractivity contribution < 1.29 is 14.1 Å². The van der Waals surface area contributed by atoms with Crippen molar-refractivity contribution in [3.63, 3.8) is 0 Å². The van der Waals surface area contributed by atoms with Gasteiger partial charge < -0.3 is 4.42 Å². The summed E-state index contributed by atoms with van der Waals surface area (Å²) in [6, 6.07) is 15.3. The molecule has 0 saturated heterocycles. The van der Waals surface area contributed by atoms with Crippen LogP contribution in [0.15, 0.2) is 68.6 Å². The van der Waals surface area contributed by atoms with Gasteiger partial charge in [-0.3, -0.25) is 14.9 Å². The summed E-state index contributed by atoms with van der Waals surface area (Å²) in [5, 5.41) is 16.6. The summed E-state index contributed by atoms with van der Waals surface area (Å²) in [6.07, 6.45) is 1.25. The summed E-state index contributed by atoms with van der Waals surface area (Å²) in [5.41, 5.74) is 2.24. The Morgan fingerprint density at radius 2 is 2.00 bits per heavy atom. The smallest absolute Gasteiger partial charge is 0.400 e. The largest absolute Gasteiger partial charge is 0.433 e. The Bertz CT molecular complexity index is 1280. The molecule has 4 rings (SSSR count). The summed E-state index contributed by atoms with van der Waals surface area (Å²) in [6.45, 7) is 1.98. The number of amides is 1. The lowest BCUT2D eigenvalue weighted by Crippen LogP contribution is -2.25. The van der Waals surface area contributed by atoms with E-state index in [9.17, 15) is 14.9 Å². The van der Waals surface area contributed by atoms with Gasteiger partial charge in [0.05, 0.1) is 22.5 Å². The van der Waals surface area contributed by atoms with Gasteiger partial charge in [-0.2, -0.15) is 10.1 Å². The lowest BCUT2D eigenvalue weighted by atomic mass is 10.2. The monoisotopic (exact) mass is 484 g/mol. The third-order valence-electron chi connectivity index (χ3n) is 4.09. The van der Waals surface area contributed by atoms with Crippen LogP contribution in [0, 0.1) is 17.0 Å². The van der Waals surface area contributed by atoms with Gasteiger partial charge in [-0.15, -0.1) is 0 Å². The molecule has 30 heavy (non-hydrogen) atoms. The minimum absolute atomic E-state index is 0.146. The highest BCUT2D eigenvalue weighted by molar-refractivity contribution is 9.10. The third kappa shape index (κ3) is 4.14. The molecule has 0 fully saturated rings. The van der Waals surface area contributed by atoms with Gasteiger partial charge >= 0.3 is 5.88 Å². The van der Waals surface area contributed by atoms with Gasteiger partial charge in [0.15, 0.2) is 5.76 Å². The van der Waals surface area contributed by atoms with Gasteiger partial charge in [-0.05, 0) is 55.0 Å². The molecular formula is C20H13BrN4O4S. The first-order valence-electron chi connectivity index (χ1n) is 8.66. The molecule has 0 atom stereocenters. The standard InChI is InChI=1S/C20H13BrN4O4S/c1-12-2-8-16-17(10-12)30-20(23-16)24(19(26)13-3-5-14(21)6-4-13)22-11-15-7-9-18(29-15)25(27)28/h2-11H,1H3/b22-11+. The van der Waals surface area contributed by atoms with Crippen molar-refractivity contribution in [2.45, 2.75) is 6.92 Å². The van der Waals surface area contributed by atoms with E-state index in [4.69, 9.17) is 4.42 Å². The molecule has 1 amide bonds. The van der Waals surface area contributed by atoms with Crippen molar-refractivity contribution >= 4 is 60.6 Å². The van der Waals surface area contributed by atoms with Gasteiger partial charge in [-0.25, -0.2) is 4.98 Å². The first-order chi connectivity index (χ1) is 14.4. The number of rotatable bonds is 5. The highest BCUT2D eigenvalue weighted by atomic mass is 79.9. The molecule has 150 valence electrons. The molecule has 4 aromatic rings. The van der Waals surface area contributed by atoms with Crippen LogP contribution >= 0.6 is 27.3 Å². The number of anilines is 1. The summed E-state index contributed by atoms with van der Waals surface area (Å²) in [7, 11) is 0. The Morgan fingerprint density at radius 3 is 2.70 bits per heavy atom. The second-order valence-corrected chi connectivity index (χ2v) is 8.19. The Morgan fingerprint density at radius 1 is 1.23 bits per heavy atom. The van der Waals surface area contributed by atoms with Crippen LogP contribution in [-0.2, 0) is 0 Å². The van der Waals surface area contributed by atoms with Gasteiger partial charge in [0.2, 0.25) is 5.13 Å². The number of hydrazone groups is 1. The molecule has 0 spiro atoms. The van der Waals surface area contributed by atoms with Crippen molar-refractivity contribution in [3.8, 4) is 0 Å². The number of thiazole rings is 1. The Labute approximate surface area is 182 Å². The number of hydrogen-bond donors (Lipinski definition) is 0. The topological polar surface area (TPSA) is 102 Å². The van der Waals surface area contributed by atoms with Gasteiger partial charge in [0, 0.05) is 10.0 Å². The number of hydrogen-bond acceptors (Lipinski definition) is 7. The van der Waals surface area contributed by atoms with Crippen molar-refractivity contribution in [1.29, 1.82) is 0 Å². The number of nitrogens with zero attached hydrogens (tertiary/aromatic N) is 4. The van der Waals surface area contributed by atoms with E-state index in [0.717, 1.165) is 25.3 Å². The Kier molecular flexibility index (Phi) is 5.42. The van der Waals surface area contributed by atoms with Crippen molar-refractivity contribution in [2.24, 2.45) is 5.10 Å². The second-order valence-electron chi connectivity index (χ2n) is 6.27. The van der Waals surface area contributed by atoms with E-state index < -0.39 is 16.7 Å². The highest BCUT2D eigenvalue weighted by Gasteiger charge is 2.21. The normalized spacial score (nSPS) is 11.3. The summed E-state index contributed by atoms with van der Waals surface area (Å²) >= 11 is 4.67. The van der Waals surface area contributed by atoms with Crippen molar-refractivity contribution in [2.75, 3.05) is 5.01 Å². The molecule has 8 nitrogen and oxygen atoms in total. The lowest BCUT2D eigenvalue weighted by molar-refractivity contribution is -0.402. The number of aromatic nitrogens is 1. The van der Waals surface area contributed by atoms with Gasteiger partial charge in [0.1, 0.15) is 4.92 Å². The van der Waals surface area contributed by atoms with Crippen LogP contribution in [0.3, 0.4) is 0 Å². The lowest BCUT2D eigenvalue weighted by Gasteiger charge is -2.13. The van der Waals surface area contributed by atoms with E-state index >= 15 is 0 Å². The number of fused-ring (bicyclic) bond motifs is 1. The van der Waals surface area contributed by atoms with Crippen LogP contribution in [0.4, 0.5) is 11.0 Å². The fraction of sp³-hybridized carbons (Fsp3) is 0.0500.